The molecule has 1 aromatic carbocycles. The largest absolute Gasteiger partial charge is 0.504 e. The topological polar surface area (TPSA) is 52.9 Å². The fourth-order valence-corrected chi connectivity index (χ4v) is 3.29. The van der Waals surface area contributed by atoms with Crippen molar-refractivity contribution in [3.8, 4) is 11.5 Å². The molecule has 0 radical (unpaired) electrons. The van der Waals surface area contributed by atoms with Crippen LogP contribution in [-0.4, -0.2) is 41.9 Å². The molecule has 2 unspecified atom stereocenters. The average Bonchev–Trinajstić information content (AvgIpc) is 2.87. The minimum atomic E-state index is -0.159. The Morgan fingerprint density at radius 3 is 2.77 bits per heavy atom. The van der Waals surface area contributed by atoms with Gasteiger partial charge in [0.15, 0.2) is 11.5 Å². The second-order valence-electron chi connectivity index (χ2n) is 6.25. The summed E-state index contributed by atoms with van der Waals surface area (Å²) in [4.78, 5) is 2.22. The van der Waals surface area contributed by atoms with E-state index in [1.807, 2.05) is 12.1 Å². The molecule has 0 bridgehead atoms. The number of ether oxygens (including phenoxy) is 1. The maximum absolute atomic E-state index is 10.1. The Kier molecular flexibility index (Phi) is 5.86. The van der Waals surface area contributed by atoms with Gasteiger partial charge in [-0.15, -0.1) is 6.58 Å². The van der Waals surface area contributed by atoms with E-state index in [4.69, 9.17) is 4.74 Å². The van der Waals surface area contributed by atoms with Gasteiger partial charge in [-0.25, -0.2) is 0 Å². The Bertz CT molecular complexity index is 515. The van der Waals surface area contributed by atoms with Gasteiger partial charge in [-0.1, -0.05) is 18.6 Å². The van der Waals surface area contributed by atoms with E-state index in [0.29, 0.717) is 18.1 Å². The van der Waals surface area contributed by atoms with E-state index in [1.54, 1.807) is 13.2 Å². The van der Waals surface area contributed by atoms with E-state index in [1.165, 1.54) is 0 Å². The highest BCUT2D eigenvalue weighted by Crippen LogP contribution is 2.33. The molecule has 1 aliphatic rings. The number of methoxy groups -OCH3 is 1. The zero-order valence-corrected chi connectivity index (χ0v) is 13.6. The third-order valence-corrected chi connectivity index (χ3v) is 4.42. The molecule has 2 rings (SSSR count). The van der Waals surface area contributed by atoms with Gasteiger partial charge in [0.2, 0.25) is 0 Å². The summed E-state index contributed by atoms with van der Waals surface area (Å²) >= 11 is 0. The molecular formula is C18H27NO3. The SMILES string of the molecule is C=CCc1cc(CN(C)CC2CCCC2O)cc(OC)c1O. The molecular weight excluding hydrogens is 278 g/mol. The summed E-state index contributed by atoms with van der Waals surface area (Å²) in [5, 5.41) is 20.1. The van der Waals surface area contributed by atoms with Crippen LogP contribution in [0.3, 0.4) is 0 Å². The predicted octanol–water partition coefficient (Wildman–Crippen LogP) is 2.72. The van der Waals surface area contributed by atoms with Crippen LogP contribution < -0.4 is 4.74 Å². The molecule has 0 heterocycles. The molecule has 4 nitrogen and oxygen atoms in total. The molecule has 2 atom stereocenters. The highest BCUT2D eigenvalue weighted by Gasteiger charge is 2.26. The van der Waals surface area contributed by atoms with Gasteiger partial charge in [0.1, 0.15) is 0 Å². The van der Waals surface area contributed by atoms with Crippen LogP contribution in [0.5, 0.6) is 11.5 Å². The van der Waals surface area contributed by atoms with Crippen molar-refractivity contribution in [3.63, 3.8) is 0 Å². The maximum atomic E-state index is 10.1. The molecule has 1 saturated carbocycles. The van der Waals surface area contributed by atoms with Gasteiger partial charge in [-0.3, -0.25) is 0 Å². The number of benzene rings is 1. The molecule has 1 aliphatic carbocycles. The van der Waals surface area contributed by atoms with E-state index >= 15 is 0 Å². The summed E-state index contributed by atoms with van der Waals surface area (Å²) in [6.07, 6.45) is 5.38. The third kappa shape index (κ3) is 4.02. The van der Waals surface area contributed by atoms with Gasteiger partial charge in [0.05, 0.1) is 13.2 Å². The second-order valence-corrected chi connectivity index (χ2v) is 6.25. The van der Waals surface area contributed by atoms with E-state index in [9.17, 15) is 10.2 Å². The van der Waals surface area contributed by atoms with E-state index in [0.717, 1.165) is 43.5 Å². The standard InChI is InChI=1S/C18H27NO3/c1-4-6-14-9-13(10-17(22-3)18(14)21)11-19(2)12-15-7-5-8-16(15)20/h4,9-10,15-16,20-21H,1,5-8,11-12H2,2-3H3. The van der Waals surface area contributed by atoms with Crippen molar-refractivity contribution < 1.29 is 14.9 Å². The summed E-state index contributed by atoms with van der Waals surface area (Å²) in [5.74, 6) is 1.07. The monoisotopic (exact) mass is 305 g/mol. The quantitative estimate of drug-likeness (QED) is 0.761. The van der Waals surface area contributed by atoms with Crippen LogP contribution in [0.1, 0.15) is 30.4 Å². The van der Waals surface area contributed by atoms with Crippen molar-refractivity contribution in [2.45, 2.75) is 38.3 Å². The molecule has 0 aromatic heterocycles. The Balaban J connectivity index is 2.07. The summed E-state index contributed by atoms with van der Waals surface area (Å²) in [6.45, 7) is 5.39. The number of phenols is 1. The number of phenolic OH excluding ortho intramolecular Hbond substituents is 1. The van der Waals surface area contributed by atoms with Gasteiger partial charge >= 0.3 is 0 Å². The van der Waals surface area contributed by atoms with Crippen LogP contribution >= 0.6 is 0 Å². The number of aliphatic hydroxyl groups is 1. The minimum Gasteiger partial charge on any atom is -0.504 e. The first-order valence-electron chi connectivity index (χ1n) is 7.91. The Morgan fingerprint density at radius 2 is 2.18 bits per heavy atom. The van der Waals surface area contributed by atoms with Gasteiger partial charge in [-0.05, 0) is 43.9 Å². The van der Waals surface area contributed by atoms with Crippen LogP contribution in [0.4, 0.5) is 0 Å². The number of hydrogen-bond acceptors (Lipinski definition) is 4. The van der Waals surface area contributed by atoms with Crippen molar-refractivity contribution in [2.24, 2.45) is 5.92 Å². The average molecular weight is 305 g/mol. The van der Waals surface area contributed by atoms with Crippen LogP contribution in [0.25, 0.3) is 0 Å². The Morgan fingerprint density at radius 1 is 1.41 bits per heavy atom. The smallest absolute Gasteiger partial charge is 0.161 e. The number of allylic oxidation sites excluding steroid dienone is 1. The lowest BCUT2D eigenvalue weighted by Crippen LogP contribution is -2.29. The van der Waals surface area contributed by atoms with Crippen molar-refractivity contribution in [1.29, 1.82) is 0 Å². The zero-order valence-electron chi connectivity index (χ0n) is 13.6. The first-order valence-corrected chi connectivity index (χ1v) is 7.91. The molecule has 0 spiro atoms. The molecule has 0 amide bonds. The van der Waals surface area contributed by atoms with Crippen LogP contribution in [0.2, 0.25) is 0 Å². The maximum Gasteiger partial charge on any atom is 0.161 e. The van der Waals surface area contributed by atoms with Crippen molar-refractivity contribution >= 4 is 0 Å². The van der Waals surface area contributed by atoms with Crippen LogP contribution in [0.15, 0.2) is 24.8 Å². The van der Waals surface area contributed by atoms with Gasteiger partial charge in [-0.2, -0.15) is 0 Å². The van der Waals surface area contributed by atoms with Gasteiger partial charge in [0, 0.05) is 18.7 Å². The first-order chi connectivity index (χ1) is 10.5. The number of nitrogens with zero attached hydrogens (tertiary/aromatic N) is 1. The lowest BCUT2D eigenvalue weighted by atomic mass is 10.0. The fourth-order valence-electron chi connectivity index (χ4n) is 3.29. The summed E-state index contributed by atoms with van der Waals surface area (Å²) < 4.78 is 5.26. The molecule has 0 aliphatic heterocycles. The van der Waals surface area contributed by atoms with Crippen molar-refractivity contribution in [1.82, 2.24) is 4.90 Å². The van der Waals surface area contributed by atoms with Crippen molar-refractivity contribution in [3.05, 3.63) is 35.9 Å². The number of aliphatic hydroxyl groups excluding tert-OH is 1. The fraction of sp³-hybridized carbons (Fsp3) is 0.556. The van der Waals surface area contributed by atoms with E-state index in [-0.39, 0.29) is 11.9 Å². The molecule has 4 heteroatoms. The van der Waals surface area contributed by atoms with Gasteiger partial charge in [0.25, 0.3) is 0 Å². The molecule has 2 N–H and O–H groups in total. The summed E-state index contributed by atoms with van der Waals surface area (Å²) in [6, 6.07) is 3.88. The highest BCUT2D eigenvalue weighted by molar-refractivity contribution is 5.49. The number of rotatable bonds is 7. The highest BCUT2D eigenvalue weighted by atomic mass is 16.5. The lowest BCUT2D eigenvalue weighted by molar-refractivity contribution is 0.108. The zero-order chi connectivity index (χ0) is 16.1. The predicted molar refractivity (Wildman–Crippen MR) is 88.2 cm³/mol. The Hall–Kier alpha value is -1.52. The molecule has 1 aromatic rings. The van der Waals surface area contributed by atoms with Crippen LogP contribution in [-0.2, 0) is 13.0 Å². The molecule has 1 fully saturated rings. The third-order valence-electron chi connectivity index (χ3n) is 4.42. The van der Waals surface area contributed by atoms with Crippen LogP contribution in [0, 0.1) is 5.92 Å². The van der Waals surface area contributed by atoms with Gasteiger partial charge < -0.3 is 19.8 Å². The second kappa shape index (κ2) is 7.65. The number of hydrogen-bond donors (Lipinski definition) is 2. The minimum absolute atomic E-state index is 0.159. The number of aromatic hydroxyl groups is 1. The Labute approximate surface area is 133 Å². The van der Waals surface area contributed by atoms with Crippen molar-refractivity contribution in [2.75, 3.05) is 20.7 Å². The van der Waals surface area contributed by atoms with E-state index < -0.39 is 0 Å². The normalized spacial score (nSPS) is 21.3. The molecule has 0 saturated heterocycles. The molecule has 122 valence electrons. The summed E-state index contributed by atoms with van der Waals surface area (Å²) in [5.41, 5.74) is 1.93. The summed E-state index contributed by atoms with van der Waals surface area (Å²) in [7, 11) is 3.63. The van der Waals surface area contributed by atoms with E-state index in [2.05, 4.69) is 18.5 Å². The lowest BCUT2D eigenvalue weighted by Gasteiger charge is -2.23. The molecule has 22 heavy (non-hydrogen) atoms. The first kappa shape index (κ1) is 16.8.